The van der Waals surface area contributed by atoms with Crippen LogP contribution in [0.3, 0.4) is 0 Å². The first kappa shape index (κ1) is 20.8. The molecule has 1 aromatic heterocycles. The Balaban J connectivity index is 0.00000144. The molecule has 24 heavy (non-hydrogen) atoms. The van der Waals surface area contributed by atoms with Gasteiger partial charge in [-0.1, -0.05) is 11.6 Å². The number of pyridine rings is 1. The zero-order valence-electron chi connectivity index (χ0n) is 13.2. The molecule has 1 amide bonds. The molecule has 1 atom stereocenters. The van der Waals surface area contributed by atoms with Gasteiger partial charge in [-0.25, -0.2) is 0 Å². The second kappa shape index (κ2) is 9.28. The van der Waals surface area contributed by atoms with Crippen molar-refractivity contribution in [2.24, 2.45) is 0 Å². The fourth-order valence-corrected chi connectivity index (χ4v) is 2.88. The normalized spacial score (nSPS) is 16.9. The molecule has 0 radical (unpaired) electrons. The topological polar surface area (TPSA) is 54.5 Å². The van der Waals surface area contributed by atoms with Gasteiger partial charge in [0.25, 0.3) is 5.91 Å². The number of benzene rings is 1. The summed E-state index contributed by atoms with van der Waals surface area (Å²) in [6, 6.07) is 7.42. The average molecular weight is 393 g/mol. The van der Waals surface area contributed by atoms with E-state index >= 15 is 0 Å². The van der Waals surface area contributed by atoms with Gasteiger partial charge < -0.3 is 15.0 Å². The number of carbonyl (C=O) groups excluding carboxylic acids is 1. The zero-order valence-corrected chi connectivity index (χ0v) is 15.6. The van der Waals surface area contributed by atoms with E-state index in [0.29, 0.717) is 22.8 Å². The number of halogens is 3. The van der Waals surface area contributed by atoms with Crippen LogP contribution in [0.15, 0.2) is 30.5 Å². The standard InChI is InChI=1S/C16H18ClN3O2.2ClH/c1-11-9-18-7-8-20(11)15(21)10-22-14-5-4-13(17)12-3-2-6-19-16(12)14;;/h2-6,11,18H,7-10H2,1H3;2*1H/t11-;;/m1../s1. The Morgan fingerprint density at radius 2 is 2.21 bits per heavy atom. The Morgan fingerprint density at radius 3 is 2.96 bits per heavy atom. The number of carbonyl (C=O) groups is 1. The smallest absolute Gasteiger partial charge is 0.260 e. The van der Waals surface area contributed by atoms with E-state index in [1.807, 2.05) is 24.0 Å². The van der Waals surface area contributed by atoms with Gasteiger partial charge >= 0.3 is 0 Å². The Bertz CT molecular complexity index is 699. The van der Waals surface area contributed by atoms with Gasteiger partial charge in [0.2, 0.25) is 0 Å². The van der Waals surface area contributed by atoms with Gasteiger partial charge in [0.15, 0.2) is 6.61 Å². The van der Waals surface area contributed by atoms with Crippen LogP contribution in [0.25, 0.3) is 10.9 Å². The van der Waals surface area contributed by atoms with Crippen molar-refractivity contribution in [3.63, 3.8) is 0 Å². The molecule has 1 saturated heterocycles. The number of nitrogens with zero attached hydrogens (tertiary/aromatic N) is 2. The number of nitrogens with one attached hydrogen (secondary N) is 1. The highest BCUT2D eigenvalue weighted by Gasteiger charge is 2.23. The van der Waals surface area contributed by atoms with Crippen molar-refractivity contribution >= 4 is 53.2 Å². The number of amides is 1. The lowest BCUT2D eigenvalue weighted by Crippen LogP contribution is -2.53. The van der Waals surface area contributed by atoms with Gasteiger partial charge in [0.05, 0.1) is 5.02 Å². The first-order valence-electron chi connectivity index (χ1n) is 7.33. The Kier molecular flexibility index (Phi) is 8.03. The van der Waals surface area contributed by atoms with Crippen LogP contribution < -0.4 is 10.1 Å². The second-order valence-electron chi connectivity index (χ2n) is 5.37. The van der Waals surface area contributed by atoms with Crippen molar-refractivity contribution in [1.82, 2.24) is 15.2 Å². The van der Waals surface area contributed by atoms with E-state index in [1.54, 1.807) is 18.3 Å². The van der Waals surface area contributed by atoms with Crippen molar-refractivity contribution in [2.75, 3.05) is 26.2 Å². The van der Waals surface area contributed by atoms with Crippen LogP contribution in [0.5, 0.6) is 5.75 Å². The number of hydrogen-bond acceptors (Lipinski definition) is 4. The Morgan fingerprint density at radius 1 is 1.42 bits per heavy atom. The SMILES string of the molecule is C[C@@H]1CNCCN1C(=O)COc1ccc(Cl)c2cccnc12.Cl.Cl. The molecule has 0 aliphatic carbocycles. The maximum atomic E-state index is 12.3. The van der Waals surface area contributed by atoms with E-state index in [9.17, 15) is 4.79 Å². The number of ether oxygens (including phenoxy) is 1. The molecule has 8 heteroatoms. The summed E-state index contributed by atoms with van der Waals surface area (Å²) < 4.78 is 5.70. The molecule has 0 saturated carbocycles. The maximum absolute atomic E-state index is 12.3. The molecule has 1 aromatic carbocycles. The molecule has 1 aliphatic rings. The summed E-state index contributed by atoms with van der Waals surface area (Å²) in [7, 11) is 0. The van der Waals surface area contributed by atoms with Crippen LogP contribution in [0.1, 0.15) is 6.92 Å². The van der Waals surface area contributed by atoms with Gasteiger partial charge in [-0.3, -0.25) is 9.78 Å². The number of aromatic nitrogens is 1. The largest absolute Gasteiger partial charge is 0.481 e. The number of fused-ring (bicyclic) bond motifs is 1. The van der Waals surface area contributed by atoms with Crippen LogP contribution in [0.4, 0.5) is 0 Å². The molecule has 1 aliphatic heterocycles. The quantitative estimate of drug-likeness (QED) is 0.872. The second-order valence-corrected chi connectivity index (χ2v) is 5.78. The molecule has 0 bridgehead atoms. The minimum Gasteiger partial charge on any atom is -0.481 e. The van der Waals surface area contributed by atoms with E-state index in [0.717, 1.165) is 18.5 Å². The Labute approximate surface area is 158 Å². The molecule has 1 N–H and O–H groups in total. The lowest BCUT2D eigenvalue weighted by Gasteiger charge is -2.33. The van der Waals surface area contributed by atoms with Crippen molar-refractivity contribution in [3.8, 4) is 5.75 Å². The van der Waals surface area contributed by atoms with Crippen LogP contribution in [-0.4, -0.2) is 48.1 Å². The van der Waals surface area contributed by atoms with Crippen molar-refractivity contribution in [1.29, 1.82) is 0 Å². The molecule has 0 unspecified atom stereocenters. The molecule has 2 heterocycles. The number of hydrogen-bond donors (Lipinski definition) is 1. The van der Waals surface area contributed by atoms with Crippen LogP contribution in [-0.2, 0) is 4.79 Å². The molecular weight excluding hydrogens is 373 g/mol. The van der Waals surface area contributed by atoms with E-state index < -0.39 is 0 Å². The monoisotopic (exact) mass is 391 g/mol. The predicted molar refractivity (Wildman–Crippen MR) is 101 cm³/mol. The first-order valence-corrected chi connectivity index (χ1v) is 7.71. The van der Waals surface area contributed by atoms with Gasteiger partial charge in [0.1, 0.15) is 11.3 Å². The van der Waals surface area contributed by atoms with Crippen molar-refractivity contribution < 1.29 is 9.53 Å². The first-order chi connectivity index (χ1) is 10.7. The summed E-state index contributed by atoms with van der Waals surface area (Å²) in [4.78, 5) is 18.5. The number of piperazine rings is 1. The highest BCUT2D eigenvalue weighted by Crippen LogP contribution is 2.29. The third-order valence-corrected chi connectivity index (χ3v) is 4.18. The van der Waals surface area contributed by atoms with E-state index in [1.165, 1.54) is 0 Å². The van der Waals surface area contributed by atoms with Crippen LogP contribution in [0.2, 0.25) is 5.02 Å². The average Bonchev–Trinajstić information content (AvgIpc) is 2.55. The third-order valence-electron chi connectivity index (χ3n) is 3.85. The molecule has 2 aromatic rings. The summed E-state index contributed by atoms with van der Waals surface area (Å²) in [5.74, 6) is 0.573. The van der Waals surface area contributed by atoms with Crippen molar-refractivity contribution in [3.05, 3.63) is 35.5 Å². The predicted octanol–water partition coefficient (Wildman–Crippen LogP) is 2.93. The molecule has 3 rings (SSSR count). The minimum atomic E-state index is -0.00645. The van der Waals surface area contributed by atoms with E-state index in [-0.39, 0.29) is 43.4 Å². The third kappa shape index (κ3) is 4.42. The fourth-order valence-electron chi connectivity index (χ4n) is 2.66. The van der Waals surface area contributed by atoms with E-state index in [2.05, 4.69) is 10.3 Å². The lowest BCUT2D eigenvalue weighted by atomic mass is 10.2. The minimum absolute atomic E-state index is 0. The summed E-state index contributed by atoms with van der Waals surface area (Å²) in [5, 5.41) is 4.71. The molecule has 1 fully saturated rings. The highest BCUT2D eigenvalue weighted by atomic mass is 35.5. The molecule has 0 spiro atoms. The fraction of sp³-hybridized carbons (Fsp3) is 0.375. The van der Waals surface area contributed by atoms with Crippen LogP contribution >= 0.6 is 36.4 Å². The zero-order chi connectivity index (χ0) is 15.5. The maximum Gasteiger partial charge on any atom is 0.260 e. The van der Waals surface area contributed by atoms with Crippen LogP contribution in [0, 0.1) is 0 Å². The summed E-state index contributed by atoms with van der Waals surface area (Å²) in [6.45, 7) is 4.39. The summed E-state index contributed by atoms with van der Waals surface area (Å²) >= 11 is 6.15. The van der Waals surface area contributed by atoms with Gasteiger partial charge in [-0.05, 0) is 31.2 Å². The van der Waals surface area contributed by atoms with Gasteiger partial charge in [-0.15, -0.1) is 24.8 Å². The van der Waals surface area contributed by atoms with Crippen molar-refractivity contribution in [2.45, 2.75) is 13.0 Å². The highest BCUT2D eigenvalue weighted by molar-refractivity contribution is 6.35. The van der Waals surface area contributed by atoms with Gasteiger partial charge in [0, 0.05) is 37.3 Å². The van der Waals surface area contributed by atoms with E-state index in [4.69, 9.17) is 16.3 Å². The van der Waals surface area contributed by atoms with Gasteiger partial charge in [-0.2, -0.15) is 0 Å². The molecule has 132 valence electrons. The number of rotatable bonds is 3. The summed E-state index contributed by atoms with van der Waals surface area (Å²) in [5.41, 5.74) is 0.677. The molecular formula is C16H20Cl3N3O2. The lowest BCUT2D eigenvalue weighted by molar-refractivity contribution is -0.136. The summed E-state index contributed by atoms with van der Waals surface area (Å²) in [6.07, 6.45) is 1.69. The Hall–Kier alpha value is -1.27. The molecule has 5 nitrogen and oxygen atoms in total.